The average Bonchev–Trinajstić information content (AvgIpc) is 2.51. The molecule has 1 unspecified atom stereocenters. The van der Waals surface area contributed by atoms with Gasteiger partial charge in [-0.3, -0.25) is 0 Å². The number of hydrogen-bond donors (Lipinski definition) is 1. The van der Waals surface area contributed by atoms with E-state index in [1.165, 1.54) is 5.69 Å². The van der Waals surface area contributed by atoms with Gasteiger partial charge in [-0.05, 0) is 49.6 Å². The average molecular weight is 303 g/mol. The van der Waals surface area contributed by atoms with Crippen molar-refractivity contribution in [1.82, 2.24) is 0 Å². The zero-order valence-electron chi connectivity index (χ0n) is 12.7. The van der Waals surface area contributed by atoms with Crippen molar-refractivity contribution in [2.45, 2.75) is 32.7 Å². The van der Waals surface area contributed by atoms with E-state index in [2.05, 4.69) is 43.0 Å². The number of benzene rings is 2. The normalized spacial score (nSPS) is 12.2. The third-order valence-electron chi connectivity index (χ3n) is 3.74. The van der Waals surface area contributed by atoms with Crippen molar-refractivity contribution in [3.05, 3.63) is 59.1 Å². The lowest BCUT2D eigenvalue weighted by molar-refractivity contribution is 0.646. The third kappa shape index (κ3) is 3.99. The molecule has 0 spiro atoms. The van der Waals surface area contributed by atoms with Gasteiger partial charge in [-0.15, -0.1) is 0 Å². The summed E-state index contributed by atoms with van der Waals surface area (Å²) in [7, 11) is 0. The van der Waals surface area contributed by atoms with Crippen LogP contribution >= 0.6 is 11.6 Å². The van der Waals surface area contributed by atoms with Gasteiger partial charge < -0.3 is 10.6 Å². The second-order valence-electron chi connectivity index (χ2n) is 5.23. The van der Waals surface area contributed by atoms with E-state index in [9.17, 15) is 0 Å². The number of hydrogen-bond acceptors (Lipinski definition) is 2. The zero-order chi connectivity index (χ0) is 15.2. The first-order chi connectivity index (χ1) is 10.2. The predicted molar refractivity (Wildman–Crippen MR) is 92.5 cm³/mol. The Bertz CT molecular complexity index is 569. The summed E-state index contributed by atoms with van der Waals surface area (Å²) in [6.45, 7) is 5.14. The van der Waals surface area contributed by atoms with Crippen molar-refractivity contribution in [3.8, 4) is 0 Å². The van der Waals surface area contributed by atoms with Crippen LogP contribution in [0.5, 0.6) is 0 Å². The minimum absolute atomic E-state index is 0.171. The molecule has 0 saturated carbocycles. The summed E-state index contributed by atoms with van der Waals surface area (Å²) in [6, 6.07) is 16.8. The third-order valence-corrected chi connectivity index (χ3v) is 4.09. The zero-order valence-corrected chi connectivity index (χ0v) is 13.5. The molecule has 2 nitrogen and oxygen atoms in total. The first-order valence-electron chi connectivity index (χ1n) is 7.52. The first-order valence-corrected chi connectivity index (χ1v) is 7.90. The molecule has 2 aromatic rings. The summed E-state index contributed by atoms with van der Waals surface area (Å²) in [6.07, 6.45) is 1.79. The highest BCUT2D eigenvalue weighted by Crippen LogP contribution is 2.29. The molecule has 0 heterocycles. The molecule has 21 heavy (non-hydrogen) atoms. The highest BCUT2D eigenvalue weighted by atomic mass is 35.5. The van der Waals surface area contributed by atoms with E-state index < -0.39 is 0 Å². The van der Waals surface area contributed by atoms with Gasteiger partial charge in [0.25, 0.3) is 0 Å². The van der Waals surface area contributed by atoms with Crippen LogP contribution in [0, 0.1) is 0 Å². The van der Waals surface area contributed by atoms with Gasteiger partial charge in [0.1, 0.15) is 0 Å². The van der Waals surface area contributed by atoms with E-state index in [-0.39, 0.29) is 6.04 Å². The maximum Gasteiger partial charge on any atom is 0.0459 e. The second-order valence-corrected chi connectivity index (χ2v) is 5.64. The van der Waals surface area contributed by atoms with Gasteiger partial charge in [0.05, 0.1) is 0 Å². The van der Waals surface area contributed by atoms with Crippen molar-refractivity contribution in [2.75, 3.05) is 11.4 Å². The monoisotopic (exact) mass is 302 g/mol. The number of para-hydroxylation sites is 1. The van der Waals surface area contributed by atoms with Crippen LogP contribution in [0.15, 0.2) is 48.5 Å². The standard InChI is InChI=1S/C18H23ClN2/c1-3-15(20)12-14-10-11-17(13-18(14)19)21(4-2)16-8-6-5-7-9-16/h5-11,13,15H,3-4,12,20H2,1-2H3. The molecule has 0 amide bonds. The van der Waals surface area contributed by atoms with Gasteiger partial charge >= 0.3 is 0 Å². The van der Waals surface area contributed by atoms with Gasteiger partial charge in [0.2, 0.25) is 0 Å². The molecule has 0 bridgehead atoms. The molecule has 3 heteroatoms. The molecule has 0 saturated heterocycles. The molecule has 0 aliphatic heterocycles. The number of nitrogens with two attached hydrogens (primary N) is 1. The molecule has 112 valence electrons. The maximum atomic E-state index is 6.44. The van der Waals surface area contributed by atoms with E-state index in [0.29, 0.717) is 0 Å². The van der Waals surface area contributed by atoms with Gasteiger partial charge in [0.15, 0.2) is 0 Å². The largest absolute Gasteiger partial charge is 0.342 e. The van der Waals surface area contributed by atoms with Crippen molar-refractivity contribution in [3.63, 3.8) is 0 Å². The fraction of sp³-hybridized carbons (Fsp3) is 0.333. The molecular formula is C18H23ClN2. The van der Waals surface area contributed by atoms with Crippen molar-refractivity contribution in [2.24, 2.45) is 5.73 Å². The Morgan fingerprint density at radius 2 is 1.76 bits per heavy atom. The Morgan fingerprint density at radius 3 is 2.33 bits per heavy atom. The predicted octanol–water partition coefficient (Wildman–Crippen LogP) is 4.78. The summed E-state index contributed by atoms with van der Waals surface area (Å²) in [5.41, 5.74) is 9.43. The minimum Gasteiger partial charge on any atom is -0.342 e. The number of halogens is 1. The topological polar surface area (TPSA) is 29.3 Å². The quantitative estimate of drug-likeness (QED) is 0.832. The molecular weight excluding hydrogens is 280 g/mol. The lowest BCUT2D eigenvalue weighted by Crippen LogP contribution is -2.21. The Kier molecular flexibility index (Phi) is 5.66. The van der Waals surface area contributed by atoms with E-state index in [1.807, 2.05) is 24.3 Å². The lowest BCUT2D eigenvalue weighted by atomic mass is 10.0. The van der Waals surface area contributed by atoms with E-state index in [1.54, 1.807) is 0 Å². The molecule has 2 N–H and O–H groups in total. The van der Waals surface area contributed by atoms with Crippen LogP contribution in [-0.4, -0.2) is 12.6 Å². The van der Waals surface area contributed by atoms with Crippen LogP contribution in [-0.2, 0) is 6.42 Å². The van der Waals surface area contributed by atoms with Crippen molar-refractivity contribution < 1.29 is 0 Å². The van der Waals surface area contributed by atoms with Crippen LogP contribution < -0.4 is 10.6 Å². The fourth-order valence-electron chi connectivity index (χ4n) is 2.42. The molecule has 2 aromatic carbocycles. The molecule has 2 rings (SSSR count). The van der Waals surface area contributed by atoms with Crippen molar-refractivity contribution >= 4 is 23.0 Å². The first kappa shape index (κ1) is 15.9. The molecule has 0 aromatic heterocycles. The smallest absolute Gasteiger partial charge is 0.0459 e. The van der Waals surface area contributed by atoms with Gasteiger partial charge in [-0.25, -0.2) is 0 Å². The molecule has 1 atom stereocenters. The van der Waals surface area contributed by atoms with Crippen LogP contribution in [0.1, 0.15) is 25.8 Å². The fourth-order valence-corrected chi connectivity index (χ4v) is 2.67. The van der Waals surface area contributed by atoms with Crippen LogP contribution in [0.25, 0.3) is 0 Å². The SMILES string of the molecule is CCC(N)Cc1ccc(N(CC)c2ccccc2)cc1Cl. The van der Waals surface area contributed by atoms with Gasteiger partial charge in [-0.2, -0.15) is 0 Å². The molecule has 0 fully saturated rings. The Balaban J connectivity index is 2.26. The van der Waals surface area contributed by atoms with Crippen LogP contribution in [0.3, 0.4) is 0 Å². The maximum absolute atomic E-state index is 6.44. The van der Waals surface area contributed by atoms with E-state index >= 15 is 0 Å². The highest BCUT2D eigenvalue weighted by molar-refractivity contribution is 6.31. The Labute approximate surface area is 132 Å². The summed E-state index contributed by atoms with van der Waals surface area (Å²) in [5.74, 6) is 0. The summed E-state index contributed by atoms with van der Waals surface area (Å²) in [5, 5.41) is 0.797. The van der Waals surface area contributed by atoms with E-state index in [4.69, 9.17) is 17.3 Å². The van der Waals surface area contributed by atoms with Gasteiger partial charge in [0, 0.05) is 29.0 Å². The summed E-state index contributed by atoms with van der Waals surface area (Å²) >= 11 is 6.44. The lowest BCUT2D eigenvalue weighted by Gasteiger charge is -2.24. The highest BCUT2D eigenvalue weighted by Gasteiger charge is 2.11. The summed E-state index contributed by atoms with van der Waals surface area (Å²) < 4.78 is 0. The number of anilines is 2. The van der Waals surface area contributed by atoms with Crippen LogP contribution in [0.4, 0.5) is 11.4 Å². The Morgan fingerprint density at radius 1 is 1.05 bits per heavy atom. The van der Waals surface area contributed by atoms with Crippen molar-refractivity contribution in [1.29, 1.82) is 0 Å². The summed E-state index contributed by atoms with van der Waals surface area (Å²) in [4.78, 5) is 2.25. The van der Waals surface area contributed by atoms with Crippen LogP contribution in [0.2, 0.25) is 5.02 Å². The van der Waals surface area contributed by atoms with Gasteiger partial charge in [-0.1, -0.05) is 42.8 Å². The second kappa shape index (κ2) is 7.48. The molecule has 0 aliphatic rings. The Hall–Kier alpha value is -1.51. The number of nitrogens with zero attached hydrogens (tertiary/aromatic N) is 1. The van der Waals surface area contributed by atoms with E-state index in [0.717, 1.165) is 35.7 Å². The molecule has 0 aliphatic carbocycles. The molecule has 0 radical (unpaired) electrons. The minimum atomic E-state index is 0.171. The number of rotatable bonds is 6.